The number of ether oxygens (including phenoxy) is 1. The zero-order valence-corrected chi connectivity index (χ0v) is 28.2. The number of benzene rings is 9. The summed E-state index contributed by atoms with van der Waals surface area (Å²) < 4.78 is 6.49. The predicted octanol–water partition coefficient (Wildman–Crippen LogP) is 13.4. The van der Waals surface area contributed by atoms with Gasteiger partial charge in [-0.15, -0.1) is 0 Å². The van der Waals surface area contributed by atoms with Gasteiger partial charge in [-0.25, -0.2) is 0 Å². The van der Waals surface area contributed by atoms with Crippen molar-refractivity contribution in [2.75, 3.05) is 0 Å². The Balaban J connectivity index is 1.16. The zero-order chi connectivity index (χ0) is 34.0. The monoisotopic (exact) mass is 658 g/mol. The molecule has 0 bridgehead atoms. The summed E-state index contributed by atoms with van der Waals surface area (Å²) in [7, 11) is 0. The average Bonchev–Trinajstić information content (AvgIpc) is 3.67. The highest BCUT2D eigenvalue weighted by molar-refractivity contribution is 6.11. The smallest absolute Gasteiger partial charge is 0.135 e. The molecule has 0 radical (unpaired) electrons. The molecular formula is C51H30O. The second-order valence-electron chi connectivity index (χ2n) is 14.3. The minimum atomic E-state index is -0.445. The van der Waals surface area contributed by atoms with Crippen LogP contribution >= 0.6 is 0 Å². The van der Waals surface area contributed by atoms with Gasteiger partial charge >= 0.3 is 0 Å². The second-order valence-corrected chi connectivity index (χ2v) is 14.3. The van der Waals surface area contributed by atoms with Crippen LogP contribution in [0.3, 0.4) is 0 Å². The van der Waals surface area contributed by atoms with Gasteiger partial charge in [-0.1, -0.05) is 152 Å². The van der Waals surface area contributed by atoms with Crippen LogP contribution in [0.1, 0.15) is 22.3 Å². The van der Waals surface area contributed by atoms with Crippen LogP contribution in [0, 0.1) is 0 Å². The van der Waals surface area contributed by atoms with Crippen molar-refractivity contribution >= 4 is 21.5 Å². The summed E-state index contributed by atoms with van der Waals surface area (Å²) >= 11 is 0. The van der Waals surface area contributed by atoms with E-state index in [4.69, 9.17) is 4.74 Å². The van der Waals surface area contributed by atoms with E-state index in [2.05, 4.69) is 176 Å². The van der Waals surface area contributed by atoms with Crippen molar-refractivity contribution in [3.8, 4) is 67.1 Å². The molecule has 0 fully saturated rings. The van der Waals surface area contributed by atoms with Crippen LogP contribution in [0.5, 0.6) is 11.5 Å². The largest absolute Gasteiger partial charge is 0.456 e. The molecule has 1 aliphatic heterocycles. The van der Waals surface area contributed by atoms with Crippen molar-refractivity contribution in [3.05, 3.63) is 204 Å². The van der Waals surface area contributed by atoms with Crippen LogP contribution < -0.4 is 4.74 Å². The fourth-order valence-electron chi connectivity index (χ4n) is 9.78. The molecule has 0 unspecified atom stereocenters. The van der Waals surface area contributed by atoms with Gasteiger partial charge in [0.2, 0.25) is 0 Å². The summed E-state index contributed by atoms with van der Waals surface area (Å²) in [4.78, 5) is 0. The lowest BCUT2D eigenvalue weighted by Crippen LogP contribution is -2.25. The van der Waals surface area contributed by atoms with Crippen LogP contribution in [0.15, 0.2) is 182 Å². The van der Waals surface area contributed by atoms with Crippen molar-refractivity contribution in [1.82, 2.24) is 0 Å². The third kappa shape index (κ3) is 3.52. The first kappa shape index (κ1) is 28.0. The van der Waals surface area contributed by atoms with E-state index in [1.165, 1.54) is 93.9 Å². The fourth-order valence-corrected chi connectivity index (χ4v) is 9.78. The molecule has 1 heterocycles. The molecule has 0 saturated heterocycles. The second kappa shape index (κ2) is 10.2. The predicted molar refractivity (Wildman–Crippen MR) is 214 cm³/mol. The first-order valence-electron chi connectivity index (χ1n) is 18.1. The van der Waals surface area contributed by atoms with Crippen LogP contribution in [0.2, 0.25) is 0 Å². The maximum Gasteiger partial charge on any atom is 0.135 e. The molecule has 3 aliphatic rings. The Labute approximate surface area is 302 Å². The summed E-state index contributed by atoms with van der Waals surface area (Å²) in [5.41, 5.74) is 17.5. The van der Waals surface area contributed by atoms with Gasteiger partial charge in [0.1, 0.15) is 11.5 Å². The summed E-state index contributed by atoms with van der Waals surface area (Å²) in [5, 5.41) is 4.93. The van der Waals surface area contributed by atoms with E-state index in [0.29, 0.717) is 0 Å². The van der Waals surface area contributed by atoms with Crippen LogP contribution in [-0.2, 0) is 5.41 Å². The topological polar surface area (TPSA) is 9.23 Å². The Morgan fingerprint density at radius 2 is 0.923 bits per heavy atom. The molecule has 9 aromatic carbocycles. The molecule has 240 valence electrons. The van der Waals surface area contributed by atoms with Crippen LogP contribution in [0.25, 0.3) is 77.2 Å². The number of fused-ring (bicyclic) bond motifs is 13. The number of hydrogen-bond acceptors (Lipinski definition) is 1. The lowest BCUT2D eigenvalue weighted by molar-refractivity contribution is 0.487. The van der Waals surface area contributed by atoms with Gasteiger partial charge in [-0.2, -0.15) is 0 Å². The molecule has 52 heavy (non-hydrogen) atoms. The van der Waals surface area contributed by atoms with Crippen molar-refractivity contribution in [2.45, 2.75) is 5.41 Å². The maximum atomic E-state index is 6.49. The Hall–Kier alpha value is -6.70. The van der Waals surface area contributed by atoms with Crippen molar-refractivity contribution in [2.24, 2.45) is 0 Å². The minimum Gasteiger partial charge on any atom is -0.456 e. The summed E-state index contributed by atoms with van der Waals surface area (Å²) in [5.74, 6) is 1.83. The molecule has 9 aromatic rings. The van der Waals surface area contributed by atoms with E-state index >= 15 is 0 Å². The molecule has 0 atom stereocenters. The van der Waals surface area contributed by atoms with Crippen molar-refractivity contribution in [1.29, 1.82) is 0 Å². The number of para-hydroxylation sites is 1. The van der Waals surface area contributed by atoms with E-state index in [0.717, 1.165) is 17.1 Å². The Morgan fingerprint density at radius 1 is 0.308 bits per heavy atom. The van der Waals surface area contributed by atoms with Gasteiger partial charge in [0.15, 0.2) is 0 Å². The highest BCUT2D eigenvalue weighted by Crippen LogP contribution is 2.64. The molecule has 1 spiro atoms. The summed E-state index contributed by atoms with van der Waals surface area (Å²) in [6.45, 7) is 0. The van der Waals surface area contributed by atoms with Gasteiger partial charge in [0, 0.05) is 10.9 Å². The first-order chi connectivity index (χ1) is 25.8. The van der Waals surface area contributed by atoms with E-state index in [1.807, 2.05) is 6.07 Å². The van der Waals surface area contributed by atoms with Crippen molar-refractivity contribution < 1.29 is 4.74 Å². The third-order valence-electron chi connectivity index (χ3n) is 11.9. The zero-order valence-electron chi connectivity index (χ0n) is 28.2. The number of rotatable bonds is 2. The van der Waals surface area contributed by atoms with Crippen LogP contribution in [-0.4, -0.2) is 0 Å². The minimum absolute atomic E-state index is 0.445. The van der Waals surface area contributed by atoms with E-state index in [-0.39, 0.29) is 0 Å². The third-order valence-corrected chi connectivity index (χ3v) is 11.9. The standard InChI is InChI=1S/C51H30O/c1-2-12-31(13-3-1)34-18-10-14-32-28-47-43(30-42(32)34)38-25-24-33(29-46(38)51(47)44-21-7-4-15-36(44)37-16-5-8-22-45(37)51)35-26-27-49-50-40(35)19-11-20-41(50)39-17-6-9-23-48(39)52-49/h1-30H. The van der Waals surface area contributed by atoms with Gasteiger partial charge in [-0.3, -0.25) is 0 Å². The van der Waals surface area contributed by atoms with Crippen molar-refractivity contribution in [3.63, 3.8) is 0 Å². The normalized spacial score (nSPS) is 13.7. The highest BCUT2D eigenvalue weighted by Gasteiger charge is 2.51. The average molecular weight is 659 g/mol. The number of hydrogen-bond donors (Lipinski definition) is 0. The lowest BCUT2D eigenvalue weighted by atomic mass is 9.70. The molecule has 0 N–H and O–H groups in total. The fraction of sp³-hybridized carbons (Fsp3) is 0.0196. The van der Waals surface area contributed by atoms with E-state index < -0.39 is 5.41 Å². The SMILES string of the molecule is c1ccc(-c2cccc3cc4c(cc23)-c2ccc(-c3ccc5c6c(cccc36)-c3ccccc3O5)cc2C42c3ccccc3-c3ccccc32)cc1. The quantitative estimate of drug-likeness (QED) is 0.180. The molecular weight excluding hydrogens is 629 g/mol. The summed E-state index contributed by atoms with van der Waals surface area (Å²) in [6.07, 6.45) is 0. The Kier molecular flexibility index (Phi) is 5.49. The van der Waals surface area contributed by atoms with Crippen LogP contribution in [0.4, 0.5) is 0 Å². The molecule has 12 rings (SSSR count). The van der Waals surface area contributed by atoms with E-state index in [9.17, 15) is 0 Å². The highest BCUT2D eigenvalue weighted by atomic mass is 16.5. The molecule has 1 nitrogen and oxygen atoms in total. The van der Waals surface area contributed by atoms with Gasteiger partial charge in [0.05, 0.1) is 5.41 Å². The van der Waals surface area contributed by atoms with Gasteiger partial charge in [0.25, 0.3) is 0 Å². The molecule has 2 aliphatic carbocycles. The van der Waals surface area contributed by atoms with Gasteiger partial charge in [-0.05, 0) is 119 Å². The first-order valence-corrected chi connectivity index (χ1v) is 18.1. The maximum absolute atomic E-state index is 6.49. The molecule has 1 heteroatoms. The Morgan fingerprint density at radius 3 is 1.75 bits per heavy atom. The Bertz CT molecular complexity index is 2940. The van der Waals surface area contributed by atoms with Gasteiger partial charge < -0.3 is 4.74 Å². The van der Waals surface area contributed by atoms with E-state index in [1.54, 1.807) is 0 Å². The molecule has 0 saturated carbocycles. The molecule has 0 amide bonds. The molecule has 0 aromatic heterocycles. The summed E-state index contributed by atoms with van der Waals surface area (Å²) in [6, 6.07) is 67.3. The lowest BCUT2D eigenvalue weighted by Gasteiger charge is -2.31.